The highest BCUT2D eigenvalue weighted by Gasteiger charge is 2.05. The third kappa shape index (κ3) is 4.16. The predicted molar refractivity (Wildman–Crippen MR) is 63.4 cm³/mol. The van der Waals surface area contributed by atoms with Crippen molar-refractivity contribution in [3.63, 3.8) is 0 Å². The minimum Gasteiger partial charge on any atom is -0.490 e. The number of alkyl halides is 1. The van der Waals surface area contributed by atoms with Crippen LogP contribution in [0, 0.1) is 6.92 Å². The standard InChI is InChI=1S/C12H19FN2O/c1-9-4-10(2-3-14)6-12(5-9)16-8-11(13)7-15/h4-6,11H,2-3,7-8,14-15H2,1H3. The molecule has 1 unspecified atom stereocenters. The van der Waals surface area contributed by atoms with Crippen LogP contribution in [0.5, 0.6) is 5.75 Å². The Morgan fingerprint density at radius 2 is 2.06 bits per heavy atom. The maximum atomic E-state index is 12.9. The fourth-order valence-electron chi connectivity index (χ4n) is 1.47. The Labute approximate surface area is 95.6 Å². The molecule has 0 amide bonds. The van der Waals surface area contributed by atoms with Gasteiger partial charge >= 0.3 is 0 Å². The van der Waals surface area contributed by atoms with Gasteiger partial charge in [0.25, 0.3) is 0 Å². The molecule has 4 N–H and O–H groups in total. The van der Waals surface area contributed by atoms with Crippen molar-refractivity contribution in [1.29, 1.82) is 0 Å². The maximum Gasteiger partial charge on any atom is 0.146 e. The summed E-state index contributed by atoms with van der Waals surface area (Å²) in [5, 5.41) is 0. The Morgan fingerprint density at radius 3 is 2.69 bits per heavy atom. The monoisotopic (exact) mass is 226 g/mol. The lowest BCUT2D eigenvalue weighted by Gasteiger charge is -2.11. The van der Waals surface area contributed by atoms with Gasteiger partial charge in [0.15, 0.2) is 0 Å². The van der Waals surface area contributed by atoms with Crippen molar-refractivity contribution in [3.8, 4) is 5.75 Å². The number of aryl methyl sites for hydroxylation is 1. The van der Waals surface area contributed by atoms with E-state index in [2.05, 4.69) is 6.07 Å². The first-order valence-electron chi connectivity index (χ1n) is 5.43. The third-order valence-corrected chi connectivity index (χ3v) is 2.23. The van der Waals surface area contributed by atoms with Crippen molar-refractivity contribution in [2.45, 2.75) is 19.5 Å². The minimum absolute atomic E-state index is 0.00200. The van der Waals surface area contributed by atoms with Crippen LogP contribution in [0.3, 0.4) is 0 Å². The molecule has 1 aromatic carbocycles. The average molecular weight is 226 g/mol. The molecule has 1 aromatic rings. The van der Waals surface area contributed by atoms with E-state index in [-0.39, 0.29) is 13.2 Å². The van der Waals surface area contributed by atoms with Crippen molar-refractivity contribution in [2.75, 3.05) is 19.7 Å². The summed E-state index contributed by atoms with van der Waals surface area (Å²) in [6.07, 6.45) is -0.313. The van der Waals surface area contributed by atoms with E-state index in [1.807, 2.05) is 19.1 Å². The fourth-order valence-corrected chi connectivity index (χ4v) is 1.47. The van der Waals surface area contributed by atoms with Gasteiger partial charge in [-0.1, -0.05) is 6.07 Å². The lowest BCUT2D eigenvalue weighted by atomic mass is 10.1. The van der Waals surface area contributed by atoms with Crippen molar-refractivity contribution >= 4 is 0 Å². The molecule has 4 heteroatoms. The molecule has 0 fully saturated rings. The van der Waals surface area contributed by atoms with E-state index in [0.717, 1.165) is 17.5 Å². The number of benzene rings is 1. The molecule has 1 rings (SSSR count). The zero-order chi connectivity index (χ0) is 12.0. The van der Waals surface area contributed by atoms with Gasteiger partial charge in [-0.05, 0) is 43.1 Å². The first-order chi connectivity index (χ1) is 7.65. The second kappa shape index (κ2) is 6.45. The first-order valence-corrected chi connectivity index (χ1v) is 5.43. The van der Waals surface area contributed by atoms with E-state index in [1.54, 1.807) is 0 Å². The highest BCUT2D eigenvalue weighted by molar-refractivity contribution is 5.34. The number of hydrogen-bond donors (Lipinski definition) is 2. The zero-order valence-corrected chi connectivity index (χ0v) is 9.58. The van der Waals surface area contributed by atoms with Crippen molar-refractivity contribution in [2.24, 2.45) is 11.5 Å². The molecule has 0 spiro atoms. The van der Waals surface area contributed by atoms with Gasteiger partial charge < -0.3 is 16.2 Å². The summed E-state index contributed by atoms with van der Waals surface area (Å²) in [6, 6.07) is 5.82. The van der Waals surface area contributed by atoms with Gasteiger partial charge in [0.05, 0.1) is 0 Å². The topological polar surface area (TPSA) is 61.3 Å². The Morgan fingerprint density at radius 1 is 1.31 bits per heavy atom. The Bertz CT molecular complexity index is 331. The first kappa shape index (κ1) is 12.9. The Balaban J connectivity index is 2.64. The molecular weight excluding hydrogens is 207 g/mol. The molecule has 0 aliphatic carbocycles. The lowest BCUT2D eigenvalue weighted by molar-refractivity contribution is 0.201. The largest absolute Gasteiger partial charge is 0.490 e. The number of rotatable bonds is 6. The van der Waals surface area contributed by atoms with Crippen molar-refractivity contribution in [1.82, 2.24) is 0 Å². The zero-order valence-electron chi connectivity index (χ0n) is 9.58. The summed E-state index contributed by atoms with van der Waals surface area (Å²) in [5.74, 6) is 0.680. The van der Waals surface area contributed by atoms with Gasteiger partial charge in [-0.15, -0.1) is 0 Å². The highest BCUT2D eigenvalue weighted by atomic mass is 19.1. The summed E-state index contributed by atoms with van der Waals surface area (Å²) in [7, 11) is 0. The van der Waals surface area contributed by atoms with Gasteiger partial charge in [0, 0.05) is 6.54 Å². The predicted octanol–water partition coefficient (Wildman–Crippen LogP) is 1.17. The molecule has 0 heterocycles. The molecule has 0 saturated heterocycles. The smallest absolute Gasteiger partial charge is 0.146 e. The summed E-state index contributed by atoms with van der Waals surface area (Å²) in [4.78, 5) is 0. The molecule has 16 heavy (non-hydrogen) atoms. The van der Waals surface area contributed by atoms with E-state index in [1.165, 1.54) is 0 Å². The third-order valence-electron chi connectivity index (χ3n) is 2.23. The van der Waals surface area contributed by atoms with E-state index in [9.17, 15) is 4.39 Å². The average Bonchev–Trinajstić information content (AvgIpc) is 2.25. The van der Waals surface area contributed by atoms with Gasteiger partial charge in [-0.2, -0.15) is 0 Å². The molecule has 0 aliphatic rings. The van der Waals surface area contributed by atoms with Crippen LogP contribution in [-0.2, 0) is 6.42 Å². The molecule has 0 aromatic heterocycles. The van der Waals surface area contributed by atoms with Crippen LogP contribution in [0.15, 0.2) is 18.2 Å². The lowest BCUT2D eigenvalue weighted by Crippen LogP contribution is -2.22. The van der Waals surface area contributed by atoms with Crippen LogP contribution in [0.1, 0.15) is 11.1 Å². The highest BCUT2D eigenvalue weighted by Crippen LogP contribution is 2.17. The normalized spacial score (nSPS) is 12.5. The summed E-state index contributed by atoms with van der Waals surface area (Å²) in [6.45, 7) is 2.56. The van der Waals surface area contributed by atoms with E-state index >= 15 is 0 Å². The SMILES string of the molecule is Cc1cc(CCN)cc(OCC(F)CN)c1. The molecule has 0 radical (unpaired) electrons. The minimum atomic E-state index is -1.11. The number of ether oxygens (including phenoxy) is 1. The van der Waals surface area contributed by atoms with E-state index in [4.69, 9.17) is 16.2 Å². The number of nitrogens with two attached hydrogens (primary N) is 2. The van der Waals surface area contributed by atoms with Gasteiger partial charge in [0.1, 0.15) is 18.5 Å². The van der Waals surface area contributed by atoms with E-state index < -0.39 is 6.17 Å². The van der Waals surface area contributed by atoms with Gasteiger partial charge in [0.2, 0.25) is 0 Å². The van der Waals surface area contributed by atoms with Crippen LogP contribution in [0.25, 0.3) is 0 Å². The quantitative estimate of drug-likeness (QED) is 0.765. The van der Waals surface area contributed by atoms with Crippen LogP contribution in [-0.4, -0.2) is 25.9 Å². The summed E-state index contributed by atoms with van der Waals surface area (Å²) >= 11 is 0. The molecule has 1 atom stereocenters. The Hall–Kier alpha value is -1.13. The van der Waals surface area contributed by atoms with Crippen LogP contribution in [0.2, 0.25) is 0 Å². The van der Waals surface area contributed by atoms with E-state index in [0.29, 0.717) is 12.3 Å². The van der Waals surface area contributed by atoms with Crippen LogP contribution >= 0.6 is 0 Å². The summed E-state index contributed by atoms with van der Waals surface area (Å²) in [5.41, 5.74) is 12.9. The maximum absolute atomic E-state index is 12.9. The van der Waals surface area contributed by atoms with Gasteiger partial charge in [-0.3, -0.25) is 0 Å². The molecule has 0 aliphatic heterocycles. The summed E-state index contributed by atoms with van der Waals surface area (Å²) < 4.78 is 18.2. The number of hydrogen-bond acceptors (Lipinski definition) is 3. The molecule has 0 saturated carbocycles. The molecule has 0 bridgehead atoms. The van der Waals surface area contributed by atoms with Crippen LogP contribution < -0.4 is 16.2 Å². The van der Waals surface area contributed by atoms with Crippen molar-refractivity contribution < 1.29 is 9.13 Å². The molecule has 3 nitrogen and oxygen atoms in total. The van der Waals surface area contributed by atoms with Crippen molar-refractivity contribution in [3.05, 3.63) is 29.3 Å². The number of halogens is 1. The molecule has 90 valence electrons. The van der Waals surface area contributed by atoms with Gasteiger partial charge in [-0.25, -0.2) is 4.39 Å². The van der Waals surface area contributed by atoms with Crippen LogP contribution in [0.4, 0.5) is 4.39 Å². The second-order valence-corrected chi connectivity index (χ2v) is 3.84. The molecular formula is C12H19FN2O. The Kier molecular flexibility index (Phi) is 5.22. The second-order valence-electron chi connectivity index (χ2n) is 3.84. The fraction of sp³-hybridized carbons (Fsp3) is 0.500.